The molecule has 102 valence electrons. The summed E-state index contributed by atoms with van der Waals surface area (Å²) in [6.45, 7) is 0. The number of hydrogen-bond acceptors (Lipinski definition) is 2. The number of pyridine rings is 1. The van der Waals surface area contributed by atoms with Crippen molar-refractivity contribution in [1.82, 2.24) is 10.3 Å². The molecule has 1 heterocycles. The van der Waals surface area contributed by atoms with Gasteiger partial charge in [0.25, 0.3) is 5.91 Å². The molecule has 0 saturated heterocycles. The summed E-state index contributed by atoms with van der Waals surface area (Å²) in [5, 5.41) is 4.23. The Morgan fingerprint density at radius 2 is 2.05 bits per heavy atom. The van der Waals surface area contributed by atoms with Crippen molar-refractivity contribution in [1.29, 1.82) is 0 Å². The number of benzene rings is 1. The molecule has 1 amide bonds. The molecule has 3 rings (SSSR count). The molecule has 1 N–H and O–H groups in total. The Morgan fingerprint density at radius 1 is 1.25 bits per heavy atom. The van der Waals surface area contributed by atoms with E-state index < -0.39 is 0 Å². The first-order valence-electron chi connectivity index (χ1n) is 6.29. The number of carbonyl (C=O) groups is 1. The van der Waals surface area contributed by atoms with E-state index in [-0.39, 0.29) is 11.4 Å². The smallest absolute Gasteiger partial charge is 0.253 e. The van der Waals surface area contributed by atoms with E-state index in [1.165, 1.54) is 0 Å². The first kappa shape index (κ1) is 13.4. The fourth-order valence-corrected chi connectivity index (χ4v) is 2.84. The summed E-state index contributed by atoms with van der Waals surface area (Å²) >= 11 is 12.1. The van der Waals surface area contributed by atoms with Gasteiger partial charge in [0, 0.05) is 22.4 Å². The normalized spacial score (nSPS) is 15.7. The van der Waals surface area contributed by atoms with Gasteiger partial charge in [-0.25, -0.2) is 0 Å². The highest BCUT2D eigenvalue weighted by Crippen LogP contribution is 2.48. The Morgan fingerprint density at radius 3 is 2.65 bits per heavy atom. The van der Waals surface area contributed by atoms with Crippen LogP contribution >= 0.6 is 23.2 Å². The van der Waals surface area contributed by atoms with Gasteiger partial charge in [0.05, 0.1) is 11.1 Å². The fraction of sp³-hybridized carbons (Fsp3) is 0.200. The largest absolute Gasteiger partial charge is 0.342 e. The first-order valence-corrected chi connectivity index (χ1v) is 7.04. The van der Waals surface area contributed by atoms with Crippen molar-refractivity contribution in [2.24, 2.45) is 0 Å². The summed E-state index contributed by atoms with van der Waals surface area (Å²) in [5.74, 6) is -0.137. The summed E-state index contributed by atoms with van der Waals surface area (Å²) in [5.41, 5.74) is 1.10. The van der Waals surface area contributed by atoms with E-state index in [2.05, 4.69) is 10.3 Å². The predicted molar refractivity (Wildman–Crippen MR) is 79.1 cm³/mol. The van der Waals surface area contributed by atoms with Gasteiger partial charge in [0.1, 0.15) is 0 Å². The minimum atomic E-state index is -0.366. The molecule has 3 nitrogen and oxygen atoms in total. The monoisotopic (exact) mass is 306 g/mol. The average molecular weight is 307 g/mol. The molecular weight excluding hydrogens is 295 g/mol. The van der Waals surface area contributed by atoms with Crippen molar-refractivity contribution >= 4 is 29.1 Å². The zero-order chi connectivity index (χ0) is 14.2. The molecule has 0 radical (unpaired) electrons. The summed E-state index contributed by atoms with van der Waals surface area (Å²) in [6, 6.07) is 8.85. The van der Waals surface area contributed by atoms with E-state index in [0.717, 1.165) is 18.4 Å². The van der Waals surface area contributed by atoms with Crippen LogP contribution in [-0.2, 0) is 5.54 Å². The number of halogens is 2. The molecule has 2 aromatic rings. The fourth-order valence-electron chi connectivity index (χ4n) is 2.25. The topological polar surface area (TPSA) is 42.0 Å². The molecule has 1 fully saturated rings. The van der Waals surface area contributed by atoms with Crippen LogP contribution in [0.5, 0.6) is 0 Å². The number of aromatic nitrogens is 1. The molecule has 0 spiro atoms. The van der Waals surface area contributed by atoms with Crippen LogP contribution in [0.3, 0.4) is 0 Å². The number of nitrogens with zero attached hydrogens (tertiary/aromatic N) is 1. The van der Waals surface area contributed by atoms with Gasteiger partial charge in [-0.2, -0.15) is 0 Å². The minimum absolute atomic E-state index is 0.137. The quantitative estimate of drug-likeness (QED) is 0.937. The van der Waals surface area contributed by atoms with Crippen molar-refractivity contribution in [2.45, 2.75) is 18.4 Å². The van der Waals surface area contributed by atoms with Gasteiger partial charge < -0.3 is 5.32 Å². The number of hydrogen-bond donors (Lipinski definition) is 1. The van der Waals surface area contributed by atoms with Gasteiger partial charge in [0.2, 0.25) is 0 Å². The first-order chi connectivity index (χ1) is 9.61. The highest BCUT2D eigenvalue weighted by atomic mass is 35.5. The Labute approximate surface area is 126 Å². The molecule has 0 bridgehead atoms. The highest BCUT2D eigenvalue weighted by Gasteiger charge is 2.47. The molecule has 5 heteroatoms. The van der Waals surface area contributed by atoms with Crippen LogP contribution < -0.4 is 5.32 Å². The van der Waals surface area contributed by atoms with E-state index >= 15 is 0 Å². The van der Waals surface area contributed by atoms with Crippen LogP contribution in [0.25, 0.3) is 0 Å². The van der Waals surface area contributed by atoms with Gasteiger partial charge in [0.15, 0.2) is 0 Å². The van der Waals surface area contributed by atoms with E-state index in [1.807, 2.05) is 6.07 Å². The van der Waals surface area contributed by atoms with Crippen LogP contribution in [0.15, 0.2) is 42.7 Å². The molecule has 1 aliphatic carbocycles. The number of carbonyl (C=O) groups excluding carboxylic acids is 1. The maximum atomic E-state index is 12.2. The van der Waals surface area contributed by atoms with Crippen molar-refractivity contribution < 1.29 is 4.79 Å². The lowest BCUT2D eigenvalue weighted by atomic mass is 10.0. The Hall–Kier alpha value is -1.58. The third kappa shape index (κ3) is 2.51. The third-order valence-corrected chi connectivity index (χ3v) is 4.02. The Kier molecular flexibility index (Phi) is 3.40. The van der Waals surface area contributed by atoms with Crippen molar-refractivity contribution in [3.63, 3.8) is 0 Å². The molecule has 0 aliphatic heterocycles. The number of nitrogens with one attached hydrogen (secondary N) is 1. The standard InChI is InChI=1S/C15H12Cl2N2O/c16-11-3-4-12(13(17)8-11)15(5-6-15)19-14(20)10-2-1-7-18-9-10/h1-4,7-9H,5-6H2,(H,19,20). The van der Waals surface area contributed by atoms with Gasteiger partial charge in [-0.3, -0.25) is 9.78 Å². The average Bonchev–Trinajstić information content (AvgIpc) is 3.20. The van der Waals surface area contributed by atoms with Gasteiger partial charge >= 0.3 is 0 Å². The van der Waals surface area contributed by atoms with Crippen LogP contribution in [0.4, 0.5) is 0 Å². The van der Waals surface area contributed by atoms with E-state index in [9.17, 15) is 4.79 Å². The summed E-state index contributed by atoms with van der Waals surface area (Å²) in [4.78, 5) is 16.2. The lowest BCUT2D eigenvalue weighted by molar-refractivity contribution is 0.0930. The second kappa shape index (κ2) is 5.08. The van der Waals surface area contributed by atoms with Crippen molar-refractivity contribution in [3.05, 3.63) is 63.9 Å². The number of amides is 1. The van der Waals surface area contributed by atoms with Gasteiger partial charge in [-0.1, -0.05) is 29.3 Å². The molecule has 1 saturated carbocycles. The molecule has 0 unspecified atom stereocenters. The minimum Gasteiger partial charge on any atom is -0.342 e. The molecular formula is C15H12Cl2N2O. The molecule has 1 aromatic carbocycles. The van der Waals surface area contributed by atoms with E-state index in [1.54, 1.807) is 36.7 Å². The lowest BCUT2D eigenvalue weighted by Crippen LogP contribution is -2.35. The maximum Gasteiger partial charge on any atom is 0.253 e. The zero-order valence-electron chi connectivity index (χ0n) is 10.6. The molecule has 0 atom stereocenters. The summed E-state index contributed by atoms with van der Waals surface area (Å²) < 4.78 is 0. The highest BCUT2D eigenvalue weighted by molar-refractivity contribution is 6.35. The van der Waals surface area contributed by atoms with E-state index in [4.69, 9.17) is 23.2 Å². The van der Waals surface area contributed by atoms with Crippen molar-refractivity contribution in [3.8, 4) is 0 Å². The molecule has 1 aromatic heterocycles. The summed E-state index contributed by atoms with van der Waals surface area (Å²) in [6.07, 6.45) is 4.94. The number of rotatable bonds is 3. The predicted octanol–water partition coefficient (Wildman–Crippen LogP) is 3.81. The Balaban J connectivity index is 1.85. The summed E-state index contributed by atoms with van der Waals surface area (Å²) in [7, 11) is 0. The van der Waals surface area contributed by atoms with Crippen LogP contribution in [0.1, 0.15) is 28.8 Å². The van der Waals surface area contributed by atoms with Crippen LogP contribution in [-0.4, -0.2) is 10.9 Å². The van der Waals surface area contributed by atoms with Crippen LogP contribution in [0.2, 0.25) is 10.0 Å². The molecule has 20 heavy (non-hydrogen) atoms. The van der Waals surface area contributed by atoms with Crippen molar-refractivity contribution in [2.75, 3.05) is 0 Å². The Bertz CT molecular complexity index is 654. The van der Waals surface area contributed by atoms with Crippen LogP contribution in [0, 0.1) is 0 Å². The molecule has 1 aliphatic rings. The van der Waals surface area contributed by atoms with Gasteiger partial charge in [-0.15, -0.1) is 0 Å². The van der Waals surface area contributed by atoms with E-state index in [0.29, 0.717) is 15.6 Å². The van der Waals surface area contributed by atoms with Gasteiger partial charge in [-0.05, 0) is 42.7 Å². The lowest BCUT2D eigenvalue weighted by Gasteiger charge is -2.19. The zero-order valence-corrected chi connectivity index (χ0v) is 12.1. The second-order valence-corrected chi connectivity index (χ2v) is 5.75. The SMILES string of the molecule is O=C(NC1(c2ccc(Cl)cc2Cl)CC1)c1cccnc1. The maximum absolute atomic E-state index is 12.2. The third-order valence-electron chi connectivity index (χ3n) is 3.47. The second-order valence-electron chi connectivity index (χ2n) is 4.90.